The molecule has 0 radical (unpaired) electrons. The van der Waals surface area contributed by atoms with E-state index in [4.69, 9.17) is 0 Å². The maximum Gasteiger partial charge on any atom is 0.266 e. The Bertz CT molecular complexity index is 674. The highest BCUT2D eigenvalue weighted by Gasteiger charge is 2.37. The van der Waals surface area contributed by atoms with E-state index in [0.29, 0.717) is 16.7 Å². The minimum Gasteiger partial charge on any atom is -0.268 e. The van der Waals surface area contributed by atoms with Crippen LogP contribution in [0.5, 0.6) is 0 Å². The van der Waals surface area contributed by atoms with E-state index in [1.165, 1.54) is 6.07 Å². The van der Waals surface area contributed by atoms with Crippen LogP contribution < -0.4 is 4.90 Å². The fourth-order valence-corrected chi connectivity index (χ4v) is 2.21. The van der Waals surface area contributed by atoms with Crippen molar-refractivity contribution in [3.05, 3.63) is 65.0 Å². The van der Waals surface area contributed by atoms with Gasteiger partial charge >= 0.3 is 0 Å². The minimum atomic E-state index is -0.544. The molecule has 0 fully saturated rings. The summed E-state index contributed by atoms with van der Waals surface area (Å²) < 4.78 is 14.1. The van der Waals surface area contributed by atoms with Crippen molar-refractivity contribution < 1.29 is 14.0 Å². The second kappa shape index (κ2) is 4.02. The number of benzene rings is 2. The standard InChI is InChI=1S/C15H10FNO2/c1-9-5-4-8-12(13(9)16)17-14(18)10-6-2-3-7-11(10)15(17)19/h2-8H,1H3. The third-order valence-corrected chi connectivity index (χ3v) is 3.21. The first-order valence-corrected chi connectivity index (χ1v) is 5.84. The number of rotatable bonds is 1. The van der Waals surface area contributed by atoms with Crippen LogP contribution in [0.1, 0.15) is 26.3 Å². The molecule has 2 amide bonds. The topological polar surface area (TPSA) is 37.4 Å². The van der Waals surface area contributed by atoms with E-state index in [1.807, 2.05) is 0 Å². The van der Waals surface area contributed by atoms with E-state index in [0.717, 1.165) is 4.90 Å². The van der Waals surface area contributed by atoms with Gasteiger partial charge in [-0.3, -0.25) is 9.59 Å². The zero-order valence-electron chi connectivity index (χ0n) is 10.2. The van der Waals surface area contributed by atoms with Gasteiger partial charge in [0.1, 0.15) is 5.82 Å². The van der Waals surface area contributed by atoms with Crippen LogP contribution in [0.4, 0.5) is 10.1 Å². The van der Waals surface area contributed by atoms with Crippen molar-refractivity contribution in [2.24, 2.45) is 0 Å². The van der Waals surface area contributed by atoms with Crippen LogP contribution in [-0.4, -0.2) is 11.8 Å². The monoisotopic (exact) mass is 255 g/mol. The lowest BCUT2D eigenvalue weighted by Gasteiger charge is -2.15. The Balaban J connectivity index is 2.17. The molecule has 0 saturated carbocycles. The molecule has 3 nitrogen and oxygen atoms in total. The molecule has 0 atom stereocenters. The maximum atomic E-state index is 14.1. The molecule has 1 heterocycles. The van der Waals surface area contributed by atoms with E-state index in [-0.39, 0.29) is 5.69 Å². The van der Waals surface area contributed by atoms with Crippen LogP contribution in [0, 0.1) is 12.7 Å². The van der Waals surface area contributed by atoms with Crippen molar-refractivity contribution in [2.45, 2.75) is 6.92 Å². The first-order chi connectivity index (χ1) is 9.11. The molecule has 3 rings (SSSR count). The van der Waals surface area contributed by atoms with Gasteiger partial charge in [0.05, 0.1) is 16.8 Å². The third-order valence-electron chi connectivity index (χ3n) is 3.21. The van der Waals surface area contributed by atoms with Gasteiger partial charge in [-0.25, -0.2) is 9.29 Å². The van der Waals surface area contributed by atoms with Gasteiger partial charge in [-0.05, 0) is 30.7 Å². The Kier molecular flexibility index (Phi) is 2.45. The summed E-state index contributed by atoms with van der Waals surface area (Å²) in [6.45, 7) is 1.59. The van der Waals surface area contributed by atoms with Gasteiger partial charge in [0, 0.05) is 0 Å². The molecular formula is C15H10FNO2. The number of hydrogen-bond donors (Lipinski definition) is 0. The molecule has 0 N–H and O–H groups in total. The second-order valence-electron chi connectivity index (χ2n) is 4.40. The molecule has 1 aliphatic heterocycles. The Morgan fingerprint density at radius 3 is 2.05 bits per heavy atom. The van der Waals surface area contributed by atoms with Crippen LogP contribution in [0.2, 0.25) is 0 Å². The number of anilines is 1. The SMILES string of the molecule is Cc1cccc(N2C(=O)c3ccccc3C2=O)c1F. The van der Waals surface area contributed by atoms with Gasteiger partial charge in [-0.1, -0.05) is 24.3 Å². The molecule has 0 aromatic heterocycles. The normalized spacial score (nSPS) is 13.9. The molecular weight excluding hydrogens is 245 g/mol. The summed E-state index contributed by atoms with van der Waals surface area (Å²) in [5, 5.41) is 0. The number of hydrogen-bond acceptors (Lipinski definition) is 2. The summed E-state index contributed by atoms with van der Waals surface area (Å²) in [6.07, 6.45) is 0. The van der Waals surface area contributed by atoms with Gasteiger partial charge < -0.3 is 0 Å². The zero-order chi connectivity index (χ0) is 13.6. The predicted octanol–water partition coefficient (Wildman–Crippen LogP) is 2.93. The third kappa shape index (κ3) is 1.57. The second-order valence-corrected chi connectivity index (χ2v) is 4.40. The average molecular weight is 255 g/mol. The number of fused-ring (bicyclic) bond motifs is 1. The van der Waals surface area contributed by atoms with Gasteiger partial charge in [0.2, 0.25) is 0 Å². The fraction of sp³-hybridized carbons (Fsp3) is 0.0667. The van der Waals surface area contributed by atoms with Crippen molar-refractivity contribution >= 4 is 17.5 Å². The number of halogens is 1. The summed E-state index contributed by atoms with van der Waals surface area (Å²) in [5.41, 5.74) is 1.03. The van der Waals surface area contributed by atoms with Crippen LogP contribution in [0.15, 0.2) is 42.5 Å². The van der Waals surface area contributed by atoms with Gasteiger partial charge in [0.25, 0.3) is 11.8 Å². The summed E-state index contributed by atoms with van der Waals surface area (Å²) >= 11 is 0. The van der Waals surface area contributed by atoms with Gasteiger partial charge in [-0.2, -0.15) is 0 Å². The summed E-state index contributed by atoms with van der Waals surface area (Å²) in [6, 6.07) is 11.2. The molecule has 2 aromatic rings. The molecule has 94 valence electrons. The van der Waals surface area contributed by atoms with Crippen molar-refractivity contribution in [3.63, 3.8) is 0 Å². The smallest absolute Gasteiger partial charge is 0.266 e. The Morgan fingerprint density at radius 2 is 1.47 bits per heavy atom. The lowest BCUT2D eigenvalue weighted by atomic mass is 10.1. The summed E-state index contributed by atoms with van der Waals surface area (Å²) in [7, 11) is 0. The molecule has 0 spiro atoms. The van der Waals surface area contributed by atoms with E-state index in [1.54, 1.807) is 43.3 Å². The van der Waals surface area contributed by atoms with Crippen LogP contribution in [0.25, 0.3) is 0 Å². The highest BCUT2D eigenvalue weighted by Crippen LogP contribution is 2.30. The van der Waals surface area contributed by atoms with Crippen LogP contribution in [-0.2, 0) is 0 Å². The highest BCUT2D eigenvalue weighted by molar-refractivity contribution is 6.34. The van der Waals surface area contributed by atoms with Gasteiger partial charge in [-0.15, -0.1) is 0 Å². The Morgan fingerprint density at radius 1 is 0.895 bits per heavy atom. The quantitative estimate of drug-likeness (QED) is 0.735. The number of imide groups is 1. The largest absolute Gasteiger partial charge is 0.268 e. The van der Waals surface area contributed by atoms with Crippen LogP contribution >= 0.6 is 0 Å². The first kappa shape index (κ1) is 11.6. The van der Waals surface area contributed by atoms with Crippen molar-refractivity contribution in [3.8, 4) is 0 Å². The lowest BCUT2D eigenvalue weighted by molar-refractivity contribution is 0.0925. The van der Waals surface area contributed by atoms with E-state index in [9.17, 15) is 14.0 Å². The van der Waals surface area contributed by atoms with Crippen molar-refractivity contribution in [1.82, 2.24) is 0 Å². The fourth-order valence-electron chi connectivity index (χ4n) is 2.21. The molecule has 4 heteroatoms. The average Bonchev–Trinajstić information content (AvgIpc) is 2.67. The molecule has 0 saturated heterocycles. The lowest BCUT2D eigenvalue weighted by Crippen LogP contribution is -2.30. The number of nitrogens with zero attached hydrogens (tertiary/aromatic N) is 1. The molecule has 0 bridgehead atoms. The first-order valence-electron chi connectivity index (χ1n) is 5.84. The summed E-state index contributed by atoms with van der Waals surface area (Å²) in [5.74, 6) is -1.51. The Labute approximate surface area is 109 Å². The highest BCUT2D eigenvalue weighted by atomic mass is 19.1. The summed E-state index contributed by atoms with van der Waals surface area (Å²) in [4.78, 5) is 25.3. The predicted molar refractivity (Wildman–Crippen MR) is 68.7 cm³/mol. The van der Waals surface area contributed by atoms with E-state index in [2.05, 4.69) is 0 Å². The zero-order valence-corrected chi connectivity index (χ0v) is 10.2. The molecule has 1 aliphatic rings. The molecule has 0 unspecified atom stereocenters. The van der Waals surface area contributed by atoms with Crippen molar-refractivity contribution in [2.75, 3.05) is 4.90 Å². The molecule has 0 aliphatic carbocycles. The van der Waals surface area contributed by atoms with E-state index >= 15 is 0 Å². The maximum absolute atomic E-state index is 14.1. The molecule has 2 aromatic carbocycles. The number of aryl methyl sites for hydroxylation is 1. The van der Waals surface area contributed by atoms with E-state index < -0.39 is 17.6 Å². The Hall–Kier alpha value is -2.49. The number of carbonyl (C=O) groups is 2. The number of amides is 2. The van der Waals surface area contributed by atoms with Crippen LogP contribution in [0.3, 0.4) is 0 Å². The van der Waals surface area contributed by atoms with Gasteiger partial charge in [0.15, 0.2) is 0 Å². The molecule has 19 heavy (non-hydrogen) atoms. The number of carbonyl (C=O) groups excluding carboxylic acids is 2. The van der Waals surface area contributed by atoms with Crippen molar-refractivity contribution in [1.29, 1.82) is 0 Å². The minimum absolute atomic E-state index is 0.00574.